The van der Waals surface area contributed by atoms with Crippen LogP contribution in [0.5, 0.6) is 0 Å². The molecule has 3 heteroatoms. The van der Waals surface area contributed by atoms with Crippen molar-refractivity contribution in [3.63, 3.8) is 0 Å². The van der Waals surface area contributed by atoms with Gasteiger partial charge in [0.25, 0.3) is 0 Å². The fourth-order valence-electron chi connectivity index (χ4n) is 3.60. The van der Waals surface area contributed by atoms with E-state index in [1.807, 2.05) is 0 Å². The Labute approximate surface area is 126 Å². The lowest BCUT2D eigenvalue weighted by molar-refractivity contribution is -0.0480. The summed E-state index contributed by atoms with van der Waals surface area (Å²) in [6, 6.07) is 0. The first-order valence-electron chi connectivity index (χ1n) is 7.69. The summed E-state index contributed by atoms with van der Waals surface area (Å²) in [5.74, 6) is 0.892. The van der Waals surface area contributed by atoms with E-state index in [9.17, 15) is 5.11 Å². The van der Waals surface area contributed by atoms with Crippen LogP contribution in [0.4, 0.5) is 0 Å². The molecule has 1 heterocycles. The van der Waals surface area contributed by atoms with Crippen molar-refractivity contribution in [1.29, 1.82) is 0 Å². The minimum Gasteiger partial charge on any atom is -0.490 e. The molecule has 0 aromatic carbocycles. The van der Waals surface area contributed by atoms with Crippen molar-refractivity contribution in [3.8, 4) is 0 Å². The maximum atomic E-state index is 10.6. The Kier molecular flexibility index (Phi) is 3.96. The van der Waals surface area contributed by atoms with E-state index in [-0.39, 0.29) is 5.60 Å². The summed E-state index contributed by atoms with van der Waals surface area (Å²) in [6.07, 6.45) is 11.6. The quantitative estimate of drug-likeness (QED) is 0.708. The summed E-state index contributed by atoms with van der Waals surface area (Å²) in [5, 5.41) is 11.4. The van der Waals surface area contributed by atoms with E-state index in [1.54, 1.807) is 0 Å². The van der Waals surface area contributed by atoms with Crippen LogP contribution in [-0.2, 0) is 4.74 Å². The summed E-state index contributed by atoms with van der Waals surface area (Å²) >= 11 is 6.48. The molecular weight excluding hydrogens is 272 g/mol. The Hall–Kier alpha value is -0.730. The Bertz CT molecular complexity index is 481. The molecule has 0 radical (unpaired) electrons. The molecule has 3 aliphatic rings. The molecule has 2 aliphatic carbocycles. The van der Waals surface area contributed by atoms with E-state index in [2.05, 4.69) is 19.1 Å². The lowest BCUT2D eigenvalue weighted by atomic mass is 9.80. The zero-order valence-electron chi connectivity index (χ0n) is 12.1. The fraction of sp³-hybridized carbons (Fsp3) is 0.647. The van der Waals surface area contributed by atoms with E-state index in [0.29, 0.717) is 12.8 Å². The highest BCUT2D eigenvalue weighted by Gasteiger charge is 2.40. The van der Waals surface area contributed by atoms with Crippen LogP contribution in [0.15, 0.2) is 34.1 Å². The van der Waals surface area contributed by atoms with E-state index >= 15 is 0 Å². The average molecular weight is 295 g/mol. The minimum atomic E-state index is -0.405. The smallest absolute Gasteiger partial charge is 0.116 e. The second-order valence-electron chi connectivity index (χ2n) is 6.50. The Morgan fingerprint density at radius 2 is 1.95 bits per heavy atom. The summed E-state index contributed by atoms with van der Waals surface area (Å²) in [7, 11) is 0. The SMILES string of the molecule is CC1=CC=C2CC(=C(Cl)C1)OC1(CCCCC1)CC2O. The van der Waals surface area contributed by atoms with Gasteiger partial charge in [-0.05, 0) is 38.2 Å². The van der Waals surface area contributed by atoms with Crippen LogP contribution in [0.3, 0.4) is 0 Å². The predicted octanol–water partition coefficient (Wildman–Crippen LogP) is 4.59. The van der Waals surface area contributed by atoms with Gasteiger partial charge in [0.05, 0.1) is 11.1 Å². The molecule has 2 fully saturated rings. The molecule has 110 valence electrons. The Balaban J connectivity index is 1.99. The summed E-state index contributed by atoms with van der Waals surface area (Å²) in [4.78, 5) is 0. The zero-order chi connectivity index (χ0) is 14.2. The fourth-order valence-corrected chi connectivity index (χ4v) is 3.92. The van der Waals surface area contributed by atoms with Crippen LogP contribution in [0.25, 0.3) is 0 Å². The monoisotopic (exact) mass is 294 g/mol. The van der Waals surface area contributed by atoms with Gasteiger partial charge in [-0.15, -0.1) is 0 Å². The van der Waals surface area contributed by atoms with Crippen molar-refractivity contribution in [2.75, 3.05) is 0 Å². The molecule has 2 bridgehead atoms. The molecule has 1 saturated heterocycles. The van der Waals surface area contributed by atoms with Crippen LogP contribution in [-0.4, -0.2) is 16.8 Å². The van der Waals surface area contributed by atoms with Crippen molar-refractivity contribution < 1.29 is 9.84 Å². The summed E-state index contributed by atoms with van der Waals surface area (Å²) in [5.41, 5.74) is 2.06. The van der Waals surface area contributed by atoms with Crippen LogP contribution >= 0.6 is 11.6 Å². The van der Waals surface area contributed by atoms with Gasteiger partial charge in [-0.25, -0.2) is 0 Å². The van der Waals surface area contributed by atoms with E-state index in [4.69, 9.17) is 16.3 Å². The number of fused-ring (bicyclic) bond motifs is 2. The van der Waals surface area contributed by atoms with Crippen molar-refractivity contribution >= 4 is 11.6 Å². The average Bonchev–Trinajstić information content (AvgIpc) is 2.54. The molecule has 1 spiro atoms. The Morgan fingerprint density at radius 1 is 1.20 bits per heavy atom. The minimum absolute atomic E-state index is 0.193. The topological polar surface area (TPSA) is 29.5 Å². The van der Waals surface area contributed by atoms with E-state index < -0.39 is 6.10 Å². The van der Waals surface area contributed by atoms with Gasteiger partial charge in [0.15, 0.2) is 0 Å². The van der Waals surface area contributed by atoms with Gasteiger partial charge in [-0.2, -0.15) is 0 Å². The number of allylic oxidation sites excluding steroid dienone is 5. The second-order valence-corrected chi connectivity index (χ2v) is 6.96. The molecule has 1 N–H and O–H groups in total. The van der Waals surface area contributed by atoms with Gasteiger partial charge in [0.2, 0.25) is 0 Å². The number of halogens is 1. The van der Waals surface area contributed by atoms with Crippen molar-refractivity contribution in [2.24, 2.45) is 0 Å². The number of rotatable bonds is 0. The third-order valence-electron chi connectivity index (χ3n) is 4.78. The molecule has 3 rings (SSSR count). The molecule has 0 aromatic heterocycles. The first kappa shape index (κ1) is 14.2. The molecule has 0 amide bonds. The first-order chi connectivity index (χ1) is 9.58. The van der Waals surface area contributed by atoms with Gasteiger partial charge < -0.3 is 9.84 Å². The highest BCUT2D eigenvalue weighted by molar-refractivity contribution is 6.30. The molecule has 1 atom stereocenters. The van der Waals surface area contributed by atoms with Crippen LogP contribution < -0.4 is 0 Å². The number of ether oxygens (including phenoxy) is 1. The first-order valence-corrected chi connectivity index (χ1v) is 8.07. The van der Waals surface area contributed by atoms with E-state index in [1.165, 1.54) is 24.8 Å². The maximum absolute atomic E-state index is 10.6. The van der Waals surface area contributed by atoms with Crippen molar-refractivity contribution in [1.82, 2.24) is 0 Å². The lowest BCUT2D eigenvalue weighted by Gasteiger charge is -2.38. The van der Waals surface area contributed by atoms with Gasteiger partial charge in [-0.3, -0.25) is 0 Å². The molecule has 1 aliphatic heterocycles. The molecular formula is C17H23ClO2. The van der Waals surface area contributed by atoms with E-state index in [0.717, 1.165) is 35.6 Å². The maximum Gasteiger partial charge on any atom is 0.116 e. The highest BCUT2D eigenvalue weighted by atomic mass is 35.5. The molecule has 1 unspecified atom stereocenters. The van der Waals surface area contributed by atoms with Gasteiger partial charge in [0.1, 0.15) is 11.4 Å². The van der Waals surface area contributed by atoms with Crippen LogP contribution in [0, 0.1) is 0 Å². The van der Waals surface area contributed by atoms with Crippen LogP contribution in [0.2, 0.25) is 0 Å². The number of aliphatic hydroxyl groups is 1. The normalized spacial score (nSPS) is 29.9. The van der Waals surface area contributed by atoms with Gasteiger partial charge in [0, 0.05) is 19.3 Å². The van der Waals surface area contributed by atoms with Gasteiger partial charge in [-0.1, -0.05) is 35.7 Å². The standard InChI is InChI=1S/C17H23ClO2/c1-12-5-6-13-10-16(14(18)9-12)20-17(11-15(13)19)7-3-2-4-8-17/h5-6,15,19H,2-4,7-11H2,1H3. The summed E-state index contributed by atoms with van der Waals surface area (Å²) < 4.78 is 6.40. The third-order valence-corrected chi connectivity index (χ3v) is 5.13. The number of aliphatic hydroxyl groups excluding tert-OH is 1. The Morgan fingerprint density at radius 3 is 2.70 bits per heavy atom. The molecule has 0 aromatic rings. The van der Waals surface area contributed by atoms with Crippen molar-refractivity contribution in [2.45, 2.75) is 70.0 Å². The second kappa shape index (κ2) is 5.57. The van der Waals surface area contributed by atoms with Crippen molar-refractivity contribution in [3.05, 3.63) is 34.1 Å². The predicted molar refractivity (Wildman–Crippen MR) is 81.5 cm³/mol. The number of hydrogen-bond donors (Lipinski definition) is 1. The summed E-state index contributed by atoms with van der Waals surface area (Å²) in [6.45, 7) is 2.07. The molecule has 20 heavy (non-hydrogen) atoms. The highest BCUT2D eigenvalue weighted by Crippen LogP contribution is 2.44. The zero-order valence-corrected chi connectivity index (χ0v) is 12.9. The molecule has 1 saturated carbocycles. The lowest BCUT2D eigenvalue weighted by Crippen LogP contribution is -2.37. The largest absolute Gasteiger partial charge is 0.490 e. The van der Waals surface area contributed by atoms with Gasteiger partial charge >= 0.3 is 0 Å². The molecule has 2 nitrogen and oxygen atoms in total. The number of hydrogen-bond acceptors (Lipinski definition) is 2. The van der Waals surface area contributed by atoms with Crippen LogP contribution in [0.1, 0.15) is 58.3 Å². The third kappa shape index (κ3) is 2.82.